The predicted molar refractivity (Wildman–Crippen MR) is 63.8 cm³/mol. The van der Waals surface area contributed by atoms with Gasteiger partial charge in [0.05, 0.1) is 11.9 Å². The molecule has 4 nitrogen and oxygen atoms in total. The number of nitrogens with one attached hydrogen (secondary N) is 1. The molecule has 0 fully saturated rings. The molecular formula is C12H15FN4. The zero-order chi connectivity index (χ0) is 12.3. The normalized spacial score (nSPS) is 10.8. The van der Waals surface area contributed by atoms with Gasteiger partial charge in [0.2, 0.25) is 0 Å². The number of halogens is 1. The summed E-state index contributed by atoms with van der Waals surface area (Å²) in [6.07, 6.45) is 1.56. The summed E-state index contributed by atoms with van der Waals surface area (Å²) in [6, 6.07) is 5.09. The molecule has 5 heteroatoms. The molecule has 1 aromatic heterocycles. The number of nitrogens with zero attached hydrogens (tertiary/aromatic N) is 3. The summed E-state index contributed by atoms with van der Waals surface area (Å²) in [5, 5.41) is 10.8. The van der Waals surface area contributed by atoms with Crippen molar-refractivity contribution in [2.24, 2.45) is 7.05 Å². The van der Waals surface area contributed by atoms with Crippen molar-refractivity contribution in [3.05, 3.63) is 35.8 Å². The Balaban J connectivity index is 2.36. The molecule has 0 radical (unpaired) electrons. The van der Waals surface area contributed by atoms with Gasteiger partial charge in [0, 0.05) is 19.2 Å². The van der Waals surface area contributed by atoms with Gasteiger partial charge in [-0.1, -0.05) is 18.2 Å². The van der Waals surface area contributed by atoms with E-state index in [9.17, 15) is 4.39 Å². The summed E-state index contributed by atoms with van der Waals surface area (Å²) in [6.45, 7) is 3.66. The highest BCUT2D eigenvalue weighted by Gasteiger charge is 2.10. The van der Waals surface area contributed by atoms with Crippen LogP contribution in [0.1, 0.15) is 12.5 Å². The second kappa shape index (κ2) is 5.05. The Hall–Kier alpha value is -1.75. The second-order valence-corrected chi connectivity index (χ2v) is 3.84. The first-order valence-corrected chi connectivity index (χ1v) is 5.56. The molecule has 0 atom stereocenters. The molecule has 0 aliphatic heterocycles. The first-order chi connectivity index (χ1) is 8.22. The third kappa shape index (κ3) is 2.50. The monoisotopic (exact) mass is 234 g/mol. The van der Waals surface area contributed by atoms with Crippen LogP contribution in [0.15, 0.2) is 24.4 Å². The van der Waals surface area contributed by atoms with Gasteiger partial charge in [-0.2, -0.15) is 0 Å². The highest BCUT2D eigenvalue weighted by molar-refractivity contribution is 5.60. The van der Waals surface area contributed by atoms with Gasteiger partial charge in [-0.05, 0) is 24.2 Å². The van der Waals surface area contributed by atoms with Crippen LogP contribution >= 0.6 is 0 Å². The van der Waals surface area contributed by atoms with Crippen molar-refractivity contribution in [3.8, 4) is 11.3 Å². The largest absolute Gasteiger partial charge is 0.313 e. The topological polar surface area (TPSA) is 42.7 Å². The van der Waals surface area contributed by atoms with Crippen molar-refractivity contribution in [2.75, 3.05) is 6.54 Å². The van der Waals surface area contributed by atoms with E-state index in [0.29, 0.717) is 11.3 Å². The number of rotatable bonds is 4. The van der Waals surface area contributed by atoms with Crippen LogP contribution in [0.2, 0.25) is 0 Å². The maximum atomic E-state index is 13.7. The predicted octanol–water partition coefficient (Wildman–Crippen LogP) is 1.73. The van der Waals surface area contributed by atoms with E-state index >= 15 is 0 Å². The smallest absolute Gasteiger partial charge is 0.132 e. The molecule has 0 aliphatic carbocycles. The van der Waals surface area contributed by atoms with E-state index in [0.717, 1.165) is 18.7 Å². The van der Waals surface area contributed by atoms with Crippen LogP contribution in [0.5, 0.6) is 0 Å². The third-order valence-corrected chi connectivity index (χ3v) is 2.60. The third-order valence-electron chi connectivity index (χ3n) is 2.60. The maximum Gasteiger partial charge on any atom is 0.132 e. The minimum atomic E-state index is -0.254. The lowest BCUT2D eigenvalue weighted by molar-refractivity contribution is 0.625. The molecule has 0 aliphatic rings. The second-order valence-electron chi connectivity index (χ2n) is 3.84. The van der Waals surface area contributed by atoms with Crippen molar-refractivity contribution in [2.45, 2.75) is 13.5 Å². The maximum absolute atomic E-state index is 13.7. The molecule has 2 rings (SSSR count). The fourth-order valence-electron chi connectivity index (χ4n) is 1.68. The minimum absolute atomic E-state index is 0.254. The molecule has 90 valence electrons. The highest BCUT2D eigenvalue weighted by atomic mass is 19.1. The van der Waals surface area contributed by atoms with Gasteiger partial charge >= 0.3 is 0 Å². The lowest BCUT2D eigenvalue weighted by Gasteiger charge is -2.07. The quantitative estimate of drug-likeness (QED) is 0.876. The summed E-state index contributed by atoms with van der Waals surface area (Å²) < 4.78 is 15.3. The van der Waals surface area contributed by atoms with Gasteiger partial charge in [0.1, 0.15) is 5.82 Å². The fraction of sp³-hybridized carbons (Fsp3) is 0.333. The molecule has 0 unspecified atom stereocenters. The van der Waals surface area contributed by atoms with Gasteiger partial charge in [-0.15, -0.1) is 5.10 Å². The molecule has 0 bridgehead atoms. The van der Waals surface area contributed by atoms with Gasteiger partial charge in [-0.3, -0.25) is 0 Å². The molecule has 2 aromatic rings. The van der Waals surface area contributed by atoms with Crippen molar-refractivity contribution in [3.63, 3.8) is 0 Å². The van der Waals surface area contributed by atoms with E-state index < -0.39 is 0 Å². The molecule has 0 saturated heterocycles. The SMILES string of the molecule is CCNCc1ccc(F)c(-c2cnnn2C)c1. The van der Waals surface area contributed by atoms with Gasteiger partial charge in [0.15, 0.2) is 0 Å². The highest BCUT2D eigenvalue weighted by Crippen LogP contribution is 2.22. The molecule has 0 saturated carbocycles. The Morgan fingerprint density at radius 1 is 1.41 bits per heavy atom. The van der Waals surface area contributed by atoms with Crippen LogP contribution in [0.4, 0.5) is 4.39 Å². The zero-order valence-corrected chi connectivity index (χ0v) is 9.94. The molecule has 0 amide bonds. The summed E-state index contributed by atoms with van der Waals surface area (Å²) in [5.74, 6) is -0.254. The first-order valence-electron chi connectivity index (χ1n) is 5.56. The average Bonchev–Trinajstić information content (AvgIpc) is 2.74. The van der Waals surface area contributed by atoms with Gasteiger partial charge in [0.25, 0.3) is 0 Å². The number of aromatic nitrogens is 3. The molecule has 1 aromatic carbocycles. The molecule has 1 heterocycles. The van der Waals surface area contributed by atoms with Gasteiger partial charge in [-0.25, -0.2) is 9.07 Å². The number of hydrogen-bond donors (Lipinski definition) is 1. The van der Waals surface area contributed by atoms with Crippen LogP contribution in [-0.2, 0) is 13.6 Å². The average molecular weight is 234 g/mol. The Morgan fingerprint density at radius 3 is 2.88 bits per heavy atom. The summed E-state index contributed by atoms with van der Waals surface area (Å²) >= 11 is 0. The lowest BCUT2D eigenvalue weighted by atomic mass is 10.1. The van der Waals surface area contributed by atoms with Gasteiger partial charge < -0.3 is 5.32 Å². The number of aryl methyl sites for hydroxylation is 1. The Bertz CT molecular complexity index is 507. The molecule has 1 N–H and O–H groups in total. The van der Waals surface area contributed by atoms with Crippen molar-refractivity contribution >= 4 is 0 Å². The standard InChI is InChI=1S/C12H15FN4/c1-3-14-7-9-4-5-11(13)10(6-9)12-8-15-16-17(12)2/h4-6,8,14H,3,7H2,1-2H3. The van der Waals surface area contributed by atoms with Crippen LogP contribution in [0.3, 0.4) is 0 Å². The van der Waals surface area contributed by atoms with Crippen LogP contribution < -0.4 is 5.32 Å². The van der Waals surface area contributed by atoms with Crippen molar-refractivity contribution in [1.29, 1.82) is 0 Å². The minimum Gasteiger partial charge on any atom is -0.313 e. The Labute approximate surface area is 99.5 Å². The molecular weight excluding hydrogens is 219 g/mol. The van der Waals surface area contributed by atoms with E-state index in [4.69, 9.17) is 0 Å². The molecule has 0 spiro atoms. The van der Waals surface area contributed by atoms with E-state index in [2.05, 4.69) is 15.6 Å². The van der Waals surface area contributed by atoms with Crippen LogP contribution in [0, 0.1) is 5.82 Å². The van der Waals surface area contributed by atoms with E-state index in [1.165, 1.54) is 6.07 Å². The summed E-state index contributed by atoms with van der Waals surface area (Å²) in [4.78, 5) is 0. The Morgan fingerprint density at radius 2 is 2.24 bits per heavy atom. The van der Waals surface area contributed by atoms with E-state index in [-0.39, 0.29) is 5.82 Å². The Kier molecular flexibility index (Phi) is 3.49. The summed E-state index contributed by atoms with van der Waals surface area (Å²) in [5.41, 5.74) is 2.26. The van der Waals surface area contributed by atoms with E-state index in [1.807, 2.05) is 13.0 Å². The van der Waals surface area contributed by atoms with Crippen LogP contribution in [-0.4, -0.2) is 21.5 Å². The lowest BCUT2D eigenvalue weighted by Crippen LogP contribution is -2.11. The van der Waals surface area contributed by atoms with Crippen LogP contribution in [0.25, 0.3) is 11.3 Å². The summed E-state index contributed by atoms with van der Waals surface area (Å²) in [7, 11) is 1.75. The van der Waals surface area contributed by atoms with E-state index in [1.54, 1.807) is 24.0 Å². The first kappa shape index (κ1) is 11.7. The molecule has 17 heavy (non-hydrogen) atoms. The van der Waals surface area contributed by atoms with Crippen molar-refractivity contribution < 1.29 is 4.39 Å². The van der Waals surface area contributed by atoms with Crippen molar-refractivity contribution in [1.82, 2.24) is 20.3 Å². The zero-order valence-electron chi connectivity index (χ0n) is 9.94. The number of hydrogen-bond acceptors (Lipinski definition) is 3. The fourth-order valence-corrected chi connectivity index (χ4v) is 1.68. The number of benzene rings is 1.